The lowest BCUT2D eigenvalue weighted by molar-refractivity contribution is -0.152. The number of carbonyl (C=O) groups excluding carboxylic acids is 1. The van der Waals surface area contributed by atoms with E-state index in [2.05, 4.69) is 4.74 Å². The summed E-state index contributed by atoms with van der Waals surface area (Å²) in [5.41, 5.74) is 0.474. The van der Waals surface area contributed by atoms with E-state index in [-0.39, 0.29) is 16.7 Å². The molecule has 5 heteroatoms. The molecule has 0 fully saturated rings. The number of methoxy groups -OCH3 is 1. The molecule has 0 aliphatic carbocycles. The van der Waals surface area contributed by atoms with Crippen LogP contribution in [0.3, 0.4) is 0 Å². The van der Waals surface area contributed by atoms with Gasteiger partial charge in [0.25, 0.3) is 0 Å². The highest BCUT2D eigenvalue weighted by Gasteiger charge is 2.32. The molecule has 0 heterocycles. The van der Waals surface area contributed by atoms with Gasteiger partial charge in [-0.25, -0.2) is 0 Å². The Hall–Kier alpha value is -1.26. The maximum Gasteiger partial charge on any atom is 0.311 e. The Balaban J connectivity index is 3.05. The minimum absolute atomic E-state index is 0.0632. The van der Waals surface area contributed by atoms with Gasteiger partial charge in [-0.1, -0.05) is 31.5 Å². The zero-order chi connectivity index (χ0) is 13.9. The molecule has 0 bridgehead atoms. The molecule has 0 radical (unpaired) electrons. The quantitative estimate of drug-likeness (QED) is 0.827. The summed E-state index contributed by atoms with van der Waals surface area (Å²) in [6, 6.07) is 4.36. The molecule has 100 valence electrons. The maximum absolute atomic E-state index is 11.7. The fourth-order valence-corrected chi connectivity index (χ4v) is 2.01. The van der Waals surface area contributed by atoms with Crippen molar-refractivity contribution in [2.24, 2.45) is 11.8 Å². The van der Waals surface area contributed by atoms with Gasteiger partial charge in [0.2, 0.25) is 0 Å². The summed E-state index contributed by atoms with van der Waals surface area (Å²) in [5, 5.41) is 19.7. The van der Waals surface area contributed by atoms with Crippen LogP contribution < -0.4 is 0 Å². The highest BCUT2D eigenvalue weighted by molar-refractivity contribution is 6.32. The third kappa shape index (κ3) is 3.15. The van der Waals surface area contributed by atoms with E-state index in [4.69, 9.17) is 11.6 Å². The molecule has 2 N–H and O–H groups in total. The van der Waals surface area contributed by atoms with Crippen molar-refractivity contribution < 1.29 is 19.7 Å². The number of hydrogen-bond acceptors (Lipinski definition) is 4. The number of aliphatic hydroxyl groups excluding tert-OH is 1. The Kier molecular flexibility index (Phi) is 4.99. The molecule has 1 aromatic rings. The lowest BCUT2D eigenvalue weighted by atomic mass is 9.86. The van der Waals surface area contributed by atoms with Crippen molar-refractivity contribution in [3.63, 3.8) is 0 Å². The van der Waals surface area contributed by atoms with Crippen LogP contribution in [0.1, 0.15) is 25.5 Å². The van der Waals surface area contributed by atoms with Crippen molar-refractivity contribution in [1.82, 2.24) is 0 Å². The summed E-state index contributed by atoms with van der Waals surface area (Å²) in [6.45, 7) is 3.65. The molecule has 0 spiro atoms. The minimum atomic E-state index is -1.02. The first kappa shape index (κ1) is 14.8. The molecule has 0 aliphatic heterocycles. The molecule has 0 aromatic heterocycles. The van der Waals surface area contributed by atoms with E-state index in [0.717, 1.165) is 0 Å². The normalized spacial score (nSPS) is 14.3. The number of aliphatic hydroxyl groups is 1. The average molecular weight is 273 g/mol. The van der Waals surface area contributed by atoms with Crippen molar-refractivity contribution in [2.45, 2.75) is 20.0 Å². The van der Waals surface area contributed by atoms with Crippen molar-refractivity contribution >= 4 is 17.6 Å². The van der Waals surface area contributed by atoms with Gasteiger partial charge in [-0.3, -0.25) is 4.79 Å². The molecule has 0 saturated carbocycles. The third-order valence-electron chi connectivity index (χ3n) is 2.85. The van der Waals surface area contributed by atoms with E-state index in [0.29, 0.717) is 5.56 Å². The van der Waals surface area contributed by atoms with Gasteiger partial charge >= 0.3 is 5.97 Å². The van der Waals surface area contributed by atoms with Gasteiger partial charge in [0.1, 0.15) is 5.75 Å². The van der Waals surface area contributed by atoms with Crippen molar-refractivity contribution in [3.05, 3.63) is 28.8 Å². The molecule has 2 unspecified atom stereocenters. The molecule has 0 amide bonds. The van der Waals surface area contributed by atoms with Gasteiger partial charge in [-0.15, -0.1) is 0 Å². The van der Waals surface area contributed by atoms with Gasteiger partial charge in [0, 0.05) is 0 Å². The number of carbonyl (C=O) groups is 1. The molecule has 0 saturated heterocycles. The van der Waals surface area contributed by atoms with Gasteiger partial charge in [-0.2, -0.15) is 0 Å². The van der Waals surface area contributed by atoms with Crippen molar-refractivity contribution in [1.29, 1.82) is 0 Å². The smallest absolute Gasteiger partial charge is 0.311 e. The van der Waals surface area contributed by atoms with Gasteiger partial charge < -0.3 is 14.9 Å². The number of benzene rings is 1. The first-order valence-electron chi connectivity index (χ1n) is 5.62. The summed E-state index contributed by atoms with van der Waals surface area (Å²) < 4.78 is 4.69. The second kappa shape index (κ2) is 6.07. The number of halogens is 1. The number of ether oxygens (including phenoxy) is 1. The van der Waals surface area contributed by atoms with Crippen molar-refractivity contribution in [2.75, 3.05) is 7.11 Å². The van der Waals surface area contributed by atoms with Crippen LogP contribution >= 0.6 is 11.6 Å². The van der Waals surface area contributed by atoms with Crippen LogP contribution in [-0.4, -0.2) is 23.3 Å². The monoisotopic (exact) mass is 272 g/mol. The Morgan fingerprint density at radius 1 is 1.39 bits per heavy atom. The lowest BCUT2D eigenvalue weighted by Crippen LogP contribution is -2.28. The summed E-state index contributed by atoms with van der Waals surface area (Å²) in [4.78, 5) is 11.7. The van der Waals surface area contributed by atoms with Crippen LogP contribution in [0.15, 0.2) is 18.2 Å². The predicted octanol–water partition coefficient (Wildman–Crippen LogP) is 2.52. The number of aromatic hydroxyl groups is 1. The van der Waals surface area contributed by atoms with Crippen LogP contribution in [0.25, 0.3) is 0 Å². The molecular weight excluding hydrogens is 256 g/mol. The van der Waals surface area contributed by atoms with Crippen LogP contribution in [-0.2, 0) is 9.53 Å². The molecule has 18 heavy (non-hydrogen) atoms. The van der Waals surface area contributed by atoms with Crippen LogP contribution in [0.4, 0.5) is 0 Å². The highest BCUT2D eigenvalue weighted by atomic mass is 35.5. The van der Waals surface area contributed by atoms with Gasteiger partial charge in [0.15, 0.2) is 0 Å². The van der Waals surface area contributed by atoms with Crippen LogP contribution in [0, 0.1) is 11.8 Å². The fourth-order valence-electron chi connectivity index (χ4n) is 1.82. The summed E-state index contributed by atoms with van der Waals surface area (Å²) in [7, 11) is 1.29. The third-order valence-corrected chi connectivity index (χ3v) is 3.15. The Labute approximate surface area is 111 Å². The largest absolute Gasteiger partial charge is 0.506 e. The van der Waals surface area contributed by atoms with Crippen LogP contribution in [0.5, 0.6) is 5.75 Å². The average Bonchev–Trinajstić information content (AvgIpc) is 2.32. The summed E-state index contributed by atoms with van der Waals surface area (Å²) >= 11 is 5.78. The second-order valence-electron chi connectivity index (χ2n) is 4.45. The Bertz CT molecular complexity index is 431. The van der Waals surface area contributed by atoms with E-state index in [9.17, 15) is 15.0 Å². The number of rotatable bonds is 4. The minimum Gasteiger partial charge on any atom is -0.506 e. The zero-order valence-electron chi connectivity index (χ0n) is 10.6. The number of esters is 1. The molecule has 4 nitrogen and oxygen atoms in total. The first-order chi connectivity index (χ1) is 8.38. The van der Waals surface area contributed by atoms with Crippen molar-refractivity contribution in [3.8, 4) is 5.75 Å². The zero-order valence-corrected chi connectivity index (χ0v) is 11.3. The number of phenols is 1. The van der Waals surface area contributed by atoms with E-state index in [1.54, 1.807) is 0 Å². The summed E-state index contributed by atoms with van der Waals surface area (Å²) in [6.07, 6.45) is -1.02. The molecular formula is C13H17ClO4. The number of hydrogen-bond donors (Lipinski definition) is 2. The van der Waals surface area contributed by atoms with Gasteiger partial charge in [-0.05, 0) is 23.6 Å². The van der Waals surface area contributed by atoms with E-state index >= 15 is 0 Å². The predicted molar refractivity (Wildman–Crippen MR) is 68.4 cm³/mol. The Morgan fingerprint density at radius 2 is 2.00 bits per heavy atom. The molecule has 1 rings (SSSR count). The molecule has 0 aliphatic rings. The second-order valence-corrected chi connectivity index (χ2v) is 4.86. The standard InChI is InChI=1S/C13H17ClO4/c1-7(2)11(13(17)18-3)12(16)8-4-5-10(15)9(14)6-8/h4-7,11-12,15-16H,1-3H3. The van der Waals surface area contributed by atoms with Gasteiger partial charge in [0.05, 0.1) is 24.2 Å². The maximum atomic E-state index is 11.7. The first-order valence-corrected chi connectivity index (χ1v) is 6.00. The Morgan fingerprint density at radius 3 is 2.44 bits per heavy atom. The molecule has 2 atom stereocenters. The fraction of sp³-hybridized carbons (Fsp3) is 0.462. The van der Waals surface area contributed by atoms with Crippen LogP contribution in [0.2, 0.25) is 5.02 Å². The number of phenolic OH excluding ortho intramolecular Hbond substituents is 1. The lowest BCUT2D eigenvalue weighted by Gasteiger charge is -2.24. The van der Waals surface area contributed by atoms with E-state index < -0.39 is 18.0 Å². The highest BCUT2D eigenvalue weighted by Crippen LogP contribution is 2.33. The summed E-state index contributed by atoms with van der Waals surface area (Å²) in [5.74, 6) is -1.29. The van der Waals surface area contributed by atoms with E-state index in [1.165, 1.54) is 25.3 Å². The van der Waals surface area contributed by atoms with E-state index in [1.807, 2.05) is 13.8 Å². The SMILES string of the molecule is COC(=O)C(C(C)C)C(O)c1ccc(O)c(Cl)c1. The molecule has 1 aromatic carbocycles. The topological polar surface area (TPSA) is 66.8 Å².